The first kappa shape index (κ1) is 30.2. The van der Waals surface area contributed by atoms with Crippen LogP contribution in [0, 0.1) is 13.8 Å². The Bertz CT molecular complexity index is 1410. The lowest BCUT2D eigenvalue weighted by Gasteiger charge is -2.33. The molecule has 0 aromatic heterocycles. The Hall–Kier alpha value is -3.36. The fourth-order valence-electron chi connectivity index (χ4n) is 4.06. The summed E-state index contributed by atoms with van der Waals surface area (Å²) in [7, 11) is -4.14. The number of carbonyl (C=O) groups excluding carboxylic acids is 2. The number of carbonyl (C=O) groups is 2. The van der Waals surface area contributed by atoms with Crippen LogP contribution in [0.3, 0.4) is 0 Å². The largest absolute Gasteiger partial charge is 0.352 e. The molecule has 0 radical (unpaired) electrons. The lowest BCUT2D eigenvalue weighted by atomic mass is 10.1. The monoisotopic (exact) mass is 569 g/mol. The molecule has 0 aliphatic carbocycles. The molecular formula is C30H36ClN3O4S. The Morgan fingerprint density at radius 1 is 0.949 bits per heavy atom. The lowest BCUT2D eigenvalue weighted by molar-refractivity contribution is -0.139. The SMILES string of the molecule is CC[C@@H](C)NC(=O)[C@H](C)N(Cc1ccccc1C)C(=O)CN(c1cccc(C)c1)S(=O)(=O)c1ccc(Cl)cc1. The van der Waals surface area contributed by atoms with Crippen LogP contribution in [0.4, 0.5) is 5.69 Å². The van der Waals surface area contributed by atoms with Gasteiger partial charge in [0.1, 0.15) is 12.6 Å². The topological polar surface area (TPSA) is 86.8 Å². The highest BCUT2D eigenvalue weighted by Crippen LogP contribution is 2.26. The van der Waals surface area contributed by atoms with Crippen LogP contribution in [0.25, 0.3) is 0 Å². The zero-order chi connectivity index (χ0) is 28.7. The van der Waals surface area contributed by atoms with E-state index in [0.717, 1.165) is 27.4 Å². The molecule has 9 heteroatoms. The van der Waals surface area contributed by atoms with Crippen LogP contribution in [-0.2, 0) is 26.2 Å². The maximum Gasteiger partial charge on any atom is 0.264 e. The molecule has 0 unspecified atom stereocenters. The molecule has 0 heterocycles. The van der Waals surface area contributed by atoms with E-state index in [9.17, 15) is 18.0 Å². The number of benzene rings is 3. The van der Waals surface area contributed by atoms with Crippen molar-refractivity contribution in [2.24, 2.45) is 0 Å². The van der Waals surface area contributed by atoms with E-state index >= 15 is 0 Å². The molecule has 1 N–H and O–H groups in total. The number of amides is 2. The van der Waals surface area contributed by atoms with E-state index in [0.29, 0.717) is 10.7 Å². The van der Waals surface area contributed by atoms with Crippen molar-refractivity contribution in [1.82, 2.24) is 10.2 Å². The van der Waals surface area contributed by atoms with Gasteiger partial charge >= 0.3 is 0 Å². The second-order valence-corrected chi connectivity index (χ2v) is 12.0. The molecule has 2 amide bonds. The smallest absolute Gasteiger partial charge is 0.264 e. The molecule has 208 valence electrons. The minimum atomic E-state index is -4.14. The molecule has 0 bridgehead atoms. The maximum atomic E-state index is 14.0. The van der Waals surface area contributed by atoms with Gasteiger partial charge in [0.05, 0.1) is 10.6 Å². The second-order valence-electron chi connectivity index (χ2n) is 9.75. The van der Waals surface area contributed by atoms with Gasteiger partial charge in [-0.1, -0.05) is 54.9 Å². The number of nitrogens with one attached hydrogen (secondary N) is 1. The van der Waals surface area contributed by atoms with Gasteiger partial charge in [0.2, 0.25) is 11.8 Å². The molecule has 7 nitrogen and oxygen atoms in total. The fourth-order valence-corrected chi connectivity index (χ4v) is 5.60. The predicted octanol–water partition coefficient (Wildman–Crippen LogP) is 5.48. The van der Waals surface area contributed by atoms with Crippen LogP contribution in [0.1, 0.15) is 43.9 Å². The summed E-state index contributed by atoms with van der Waals surface area (Å²) in [5.41, 5.74) is 3.03. The quantitative estimate of drug-likeness (QED) is 0.331. The average Bonchev–Trinajstić information content (AvgIpc) is 2.90. The molecule has 0 saturated carbocycles. The van der Waals surface area contributed by atoms with E-state index in [1.54, 1.807) is 25.1 Å². The molecule has 0 fully saturated rings. The summed E-state index contributed by atoms with van der Waals surface area (Å²) in [5, 5.41) is 3.34. The average molecular weight is 570 g/mol. The number of hydrogen-bond acceptors (Lipinski definition) is 4. The van der Waals surface area contributed by atoms with Crippen LogP contribution in [0.5, 0.6) is 0 Å². The van der Waals surface area contributed by atoms with Crippen LogP contribution < -0.4 is 9.62 Å². The van der Waals surface area contributed by atoms with E-state index < -0.39 is 28.5 Å². The highest BCUT2D eigenvalue weighted by molar-refractivity contribution is 7.92. The minimum Gasteiger partial charge on any atom is -0.352 e. The lowest BCUT2D eigenvalue weighted by Crippen LogP contribution is -2.52. The summed E-state index contributed by atoms with van der Waals surface area (Å²) in [6.07, 6.45) is 0.741. The summed E-state index contributed by atoms with van der Waals surface area (Å²) in [6, 6.07) is 19.5. The van der Waals surface area contributed by atoms with Crippen molar-refractivity contribution in [1.29, 1.82) is 0 Å². The van der Waals surface area contributed by atoms with Gasteiger partial charge in [-0.25, -0.2) is 8.42 Å². The van der Waals surface area contributed by atoms with Crippen molar-refractivity contribution in [3.05, 3.63) is 94.5 Å². The molecule has 0 spiro atoms. The number of hydrogen-bond donors (Lipinski definition) is 1. The first-order valence-corrected chi connectivity index (χ1v) is 14.7. The molecule has 0 saturated heterocycles. The van der Waals surface area contributed by atoms with Gasteiger partial charge in [-0.05, 0) is 87.2 Å². The molecule has 3 rings (SSSR count). The van der Waals surface area contributed by atoms with Crippen molar-refractivity contribution in [3.63, 3.8) is 0 Å². The van der Waals surface area contributed by atoms with E-state index in [1.165, 1.54) is 29.2 Å². The van der Waals surface area contributed by atoms with Crippen molar-refractivity contribution in [3.8, 4) is 0 Å². The van der Waals surface area contributed by atoms with Crippen LogP contribution in [0.2, 0.25) is 5.02 Å². The standard InChI is InChI=1S/C30H36ClN3O4S/c1-6-23(4)32-30(36)24(5)33(19-25-12-8-7-11-22(25)3)29(35)20-34(27-13-9-10-21(2)18-27)39(37,38)28-16-14-26(31)15-17-28/h7-18,23-24H,6,19-20H2,1-5H3,(H,32,36)/t23-,24+/m1/s1. The first-order valence-electron chi connectivity index (χ1n) is 12.9. The van der Waals surface area contributed by atoms with Gasteiger partial charge < -0.3 is 10.2 Å². The molecule has 39 heavy (non-hydrogen) atoms. The van der Waals surface area contributed by atoms with Gasteiger partial charge in [-0.15, -0.1) is 0 Å². The molecule has 3 aromatic rings. The number of sulfonamides is 1. The first-order chi connectivity index (χ1) is 18.4. The van der Waals surface area contributed by atoms with Crippen LogP contribution >= 0.6 is 11.6 Å². The third-order valence-corrected chi connectivity index (χ3v) is 8.78. The summed E-state index contributed by atoms with van der Waals surface area (Å²) in [4.78, 5) is 28.6. The highest BCUT2D eigenvalue weighted by Gasteiger charge is 2.33. The number of rotatable bonds is 11. The van der Waals surface area contributed by atoms with Crippen molar-refractivity contribution in [2.45, 2.75) is 64.6 Å². The van der Waals surface area contributed by atoms with Crippen molar-refractivity contribution < 1.29 is 18.0 Å². The fraction of sp³-hybridized carbons (Fsp3) is 0.333. The summed E-state index contributed by atoms with van der Waals surface area (Å²) < 4.78 is 28.8. The summed E-state index contributed by atoms with van der Waals surface area (Å²) in [5.74, 6) is -0.793. The second kappa shape index (κ2) is 13.1. The zero-order valence-corrected chi connectivity index (χ0v) is 24.6. The van der Waals surface area contributed by atoms with E-state index in [1.807, 2.05) is 58.0 Å². The molecule has 2 atom stereocenters. The third-order valence-electron chi connectivity index (χ3n) is 6.74. The maximum absolute atomic E-state index is 14.0. The predicted molar refractivity (Wildman–Crippen MR) is 156 cm³/mol. The summed E-state index contributed by atoms with van der Waals surface area (Å²) in [6.45, 7) is 8.99. The highest BCUT2D eigenvalue weighted by atomic mass is 35.5. The zero-order valence-electron chi connectivity index (χ0n) is 23.0. The number of halogens is 1. The Labute approximate surface area is 236 Å². The number of nitrogens with zero attached hydrogens (tertiary/aromatic N) is 2. The van der Waals surface area contributed by atoms with E-state index in [2.05, 4.69) is 5.32 Å². The number of anilines is 1. The molecule has 3 aromatic carbocycles. The normalized spacial score (nSPS) is 12.9. The van der Waals surface area contributed by atoms with Gasteiger partial charge in [0.15, 0.2) is 0 Å². The minimum absolute atomic E-state index is 0.00854. The van der Waals surface area contributed by atoms with Crippen LogP contribution in [0.15, 0.2) is 77.7 Å². The van der Waals surface area contributed by atoms with E-state index in [-0.39, 0.29) is 23.4 Å². The molecule has 0 aliphatic heterocycles. The van der Waals surface area contributed by atoms with Crippen molar-refractivity contribution in [2.75, 3.05) is 10.8 Å². The third kappa shape index (κ3) is 7.61. The Morgan fingerprint density at radius 2 is 1.62 bits per heavy atom. The molecule has 0 aliphatic rings. The van der Waals surface area contributed by atoms with Crippen LogP contribution in [-0.4, -0.2) is 43.8 Å². The van der Waals surface area contributed by atoms with Gasteiger partial charge in [-0.3, -0.25) is 13.9 Å². The Kier molecular flexibility index (Phi) is 10.2. The van der Waals surface area contributed by atoms with Gasteiger partial charge in [0, 0.05) is 17.6 Å². The van der Waals surface area contributed by atoms with Crippen molar-refractivity contribution >= 4 is 39.1 Å². The Morgan fingerprint density at radius 3 is 2.23 bits per heavy atom. The molecular weight excluding hydrogens is 534 g/mol. The van der Waals surface area contributed by atoms with Gasteiger partial charge in [0.25, 0.3) is 10.0 Å². The van der Waals surface area contributed by atoms with Gasteiger partial charge in [-0.2, -0.15) is 0 Å². The number of aryl methyl sites for hydroxylation is 2. The van der Waals surface area contributed by atoms with E-state index in [4.69, 9.17) is 11.6 Å². The Balaban J connectivity index is 2.04. The summed E-state index contributed by atoms with van der Waals surface area (Å²) >= 11 is 6.00.